The molecule has 27 heavy (non-hydrogen) atoms. The highest BCUT2D eigenvalue weighted by atomic mass is 32.1. The van der Waals surface area contributed by atoms with Gasteiger partial charge in [0.05, 0.1) is 6.04 Å². The number of nitrogens with two attached hydrogens (primary N) is 1. The molecule has 4 atom stereocenters. The van der Waals surface area contributed by atoms with Crippen molar-refractivity contribution in [3.8, 4) is 0 Å². The predicted octanol–water partition coefficient (Wildman–Crippen LogP) is -2.40. The molecule has 13 heteroatoms. The Morgan fingerprint density at radius 3 is 1.89 bits per heavy atom. The number of carbonyl (C=O) groups excluding carboxylic acids is 3. The van der Waals surface area contributed by atoms with Crippen LogP contribution in [0.3, 0.4) is 0 Å². The number of amides is 3. The molecule has 0 aromatic rings. The molecule has 0 spiro atoms. The minimum Gasteiger partial charge on any atom is -0.481 e. The highest BCUT2D eigenvalue weighted by molar-refractivity contribution is 7.80. The number of thiol groups is 2. The van der Waals surface area contributed by atoms with Gasteiger partial charge in [0.15, 0.2) is 0 Å². The van der Waals surface area contributed by atoms with Crippen LogP contribution in [-0.4, -0.2) is 75.5 Å². The Morgan fingerprint density at radius 1 is 0.889 bits per heavy atom. The molecule has 0 radical (unpaired) electrons. The van der Waals surface area contributed by atoms with Crippen LogP contribution in [0.1, 0.15) is 19.8 Å². The molecule has 3 amide bonds. The molecule has 0 aliphatic heterocycles. The van der Waals surface area contributed by atoms with E-state index < -0.39 is 60.2 Å². The summed E-state index contributed by atoms with van der Waals surface area (Å²) >= 11 is 7.84. The fourth-order valence-corrected chi connectivity index (χ4v) is 2.18. The zero-order chi connectivity index (χ0) is 21.1. The molecule has 0 aromatic carbocycles. The number of nitrogens with one attached hydrogen (secondary N) is 3. The van der Waals surface area contributed by atoms with Crippen LogP contribution in [0.15, 0.2) is 0 Å². The molecule has 0 aliphatic carbocycles. The van der Waals surface area contributed by atoms with Crippen LogP contribution in [0, 0.1) is 0 Å². The first-order chi connectivity index (χ1) is 12.5. The van der Waals surface area contributed by atoms with Gasteiger partial charge in [-0.3, -0.25) is 19.2 Å². The molecule has 0 bridgehead atoms. The van der Waals surface area contributed by atoms with Crippen molar-refractivity contribution in [2.45, 2.75) is 43.9 Å². The smallest absolute Gasteiger partial charge is 0.326 e. The summed E-state index contributed by atoms with van der Waals surface area (Å²) in [5.41, 5.74) is 5.50. The highest BCUT2D eigenvalue weighted by Gasteiger charge is 2.27. The summed E-state index contributed by atoms with van der Waals surface area (Å²) in [4.78, 5) is 57.6. The number of carbonyl (C=O) groups is 5. The van der Waals surface area contributed by atoms with Gasteiger partial charge in [0.2, 0.25) is 17.7 Å². The van der Waals surface area contributed by atoms with Gasteiger partial charge in [0, 0.05) is 17.9 Å². The molecule has 0 fully saturated rings. The maximum atomic E-state index is 12.2. The van der Waals surface area contributed by atoms with Crippen molar-refractivity contribution < 1.29 is 34.2 Å². The first-order valence-corrected chi connectivity index (χ1v) is 9.12. The molecule has 4 unspecified atom stereocenters. The number of rotatable bonds is 12. The predicted molar refractivity (Wildman–Crippen MR) is 102 cm³/mol. The Labute approximate surface area is 166 Å². The minimum atomic E-state index is -1.42. The molecule has 154 valence electrons. The molecule has 0 saturated heterocycles. The van der Waals surface area contributed by atoms with E-state index in [9.17, 15) is 24.0 Å². The lowest BCUT2D eigenvalue weighted by molar-refractivity contribution is -0.143. The van der Waals surface area contributed by atoms with E-state index in [0.717, 1.165) is 0 Å². The van der Waals surface area contributed by atoms with Crippen LogP contribution in [-0.2, 0) is 24.0 Å². The lowest BCUT2D eigenvalue weighted by Crippen LogP contribution is -2.57. The molecule has 0 saturated carbocycles. The van der Waals surface area contributed by atoms with Crippen molar-refractivity contribution in [2.24, 2.45) is 5.73 Å². The van der Waals surface area contributed by atoms with Gasteiger partial charge < -0.3 is 31.9 Å². The van der Waals surface area contributed by atoms with Crippen LogP contribution in [0.2, 0.25) is 0 Å². The van der Waals surface area contributed by atoms with Gasteiger partial charge in [-0.15, -0.1) is 0 Å². The summed E-state index contributed by atoms with van der Waals surface area (Å²) < 4.78 is 0. The average molecular weight is 425 g/mol. The zero-order valence-corrected chi connectivity index (χ0v) is 16.3. The summed E-state index contributed by atoms with van der Waals surface area (Å²) in [6, 6.07) is -4.54. The Balaban J connectivity index is 4.77. The van der Waals surface area contributed by atoms with Gasteiger partial charge in [-0.25, -0.2) is 4.79 Å². The molecule has 0 rings (SSSR count). The number of carboxylic acids is 2. The fraction of sp³-hybridized carbons (Fsp3) is 0.643. The average Bonchev–Trinajstić information content (AvgIpc) is 2.60. The van der Waals surface area contributed by atoms with Crippen molar-refractivity contribution >= 4 is 54.9 Å². The van der Waals surface area contributed by atoms with Crippen molar-refractivity contribution in [3.63, 3.8) is 0 Å². The topological polar surface area (TPSA) is 188 Å². The van der Waals surface area contributed by atoms with Crippen LogP contribution in [0.5, 0.6) is 0 Å². The second-order valence-electron chi connectivity index (χ2n) is 5.59. The summed E-state index contributed by atoms with van der Waals surface area (Å²) in [6.45, 7) is 1.31. The standard InChI is InChI=1S/C14H24N4O7S2/c1-6(11(21)17-8(14(24)25)2-3-10(19)20)16-13(23)9(5-27)18-12(22)7(15)4-26/h6-9,26-27H,2-5,15H2,1H3,(H,16,23)(H,17,21)(H,18,22)(H,19,20)(H,24,25). The van der Waals surface area contributed by atoms with Gasteiger partial charge in [-0.2, -0.15) is 25.3 Å². The minimum absolute atomic E-state index is 0.0679. The Kier molecular flexibility index (Phi) is 11.5. The van der Waals surface area contributed by atoms with Gasteiger partial charge in [-0.1, -0.05) is 0 Å². The van der Waals surface area contributed by atoms with Gasteiger partial charge in [0.1, 0.15) is 18.1 Å². The normalized spacial score (nSPS) is 15.0. The van der Waals surface area contributed by atoms with Crippen LogP contribution in [0.25, 0.3) is 0 Å². The van der Waals surface area contributed by atoms with Crippen molar-refractivity contribution in [1.29, 1.82) is 0 Å². The third kappa shape index (κ3) is 9.49. The molecule has 7 N–H and O–H groups in total. The van der Waals surface area contributed by atoms with E-state index in [4.69, 9.17) is 15.9 Å². The maximum absolute atomic E-state index is 12.2. The first-order valence-electron chi connectivity index (χ1n) is 7.86. The second-order valence-corrected chi connectivity index (χ2v) is 6.33. The summed E-state index contributed by atoms with van der Waals surface area (Å²) in [5.74, 6) is -4.76. The fourth-order valence-electron chi connectivity index (χ4n) is 1.76. The second kappa shape index (κ2) is 12.4. The molecular formula is C14H24N4O7S2. The van der Waals surface area contributed by atoms with Crippen molar-refractivity contribution in [3.05, 3.63) is 0 Å². The third-order valence-electron chi connectivity index (χ3n) is 3.36. The SMILES string of the molecule is CC(NC(=O)C(CS)NC(=O)C(N)CS)C(=O)NC(CCC(=O)O)C(=O)O. The van der Waals surface area contributed by atoms with E-state index in [2.05, 4.69) is 41.2 Å². The van der Waals surface area contributed by atoms with E-state index in [1.165, 1.54) is 6.92 Å². The van der Waals surface area contributed by atoms with Gasteiger partial charge in [-0.05, 0) is 13.3 Å². The number of hydrogen-bond donors (Lipinski definition) is 8. The molecule has 0 aliphatic rings. The Bertz CT molecular complexity index is 576. The molecular weight excluding hydrogens is 400 g/mol. The zero-order valence-electron chi connectivity index (χ0n) is 14.5. The van der Waals surface area contributed by atoms with E-state index in [-0.39, 0.29) is 17.9 Å². The first kappa shape index (κ1) is 25.0. The van der Waals surface area contributed by atoms with Crippen molar-refractivity contribution in [2.75, 3.05) is 11.5 Å². The van der Waals surface area contributed by atoms with Crippen LogP contribution >= 0.6 is 25.3 Å². The number of aliphatic carboxylic acids is 2. The molecule has 0 aromatic heterocycles. The van der Waals surface area contributed by atoms with Crippen LogP contribution < -0.4 is 21.7 Å². The quantitative estimate of drug-likeness (QED) is 0.159. The van der Waals surface area contributed by atoms with E-state index in [1.807, 2.05) is 0 Å². The van der Waals surface area contributed by atoms with E-state index in [1.54, 1.807) is 0 Å². The lowest BCUT2D eigenvalue weighted by atomic mass is 10.1. The van der Waals surface area contributed by atoms with E-state index in [0.29, 0.717) is 0 Å². The molecule has 0 heterocycles. The van der Waals surface area contributed by atoms with Gasteiger partial charge >= 0.3 is 11.9 Å². The highest BCUT2D eigenvalue weighted by Crippen LogP contribution is 2.00. The van der Waals surface area contributed by atoms with Gasteiger partial charge in [0.25, 0.3) is 0 Å². The van der Waals surface area contributed by atoms with E-state index >= 15 is 0 Å². The Hall–Kier alpha value is -1.99. The lowest BCUT2D eigenvalue weighted by Gasteiger charge is -2.22. The van der Waals surface area contributed by atoms with Crippen LogP contribution in [0.4, 0.5) is 0 Å². The number of carboxylic acid groups (broad SMARTS) is 2. The Morgan fingerprint density at radius 2 is 1.44 bits per heavy atom. The summed E-state index contributed by atoms with van der Waals surface area (Å²) in [7, 11) is 0. The van der Waals surface area contributed by atoms with Crippen molar-refractivity contribution in [1.82, 2.24) is 16.0 Å². The monoisotopic (exact) mass is 424 g/mol. The number of hydrogen-bond acceptors (Lipinski definition) is 8. The summed E-state index contributed by atoms with van der Waals surface area (Å²) in [6.07, 6.45) is -0.759. The third-order valence-corrected chi connectivity index (χ3v) is 4.12. The molecule has 11 nitrogen and oxygen atoms in total. The summed E-state index contributed by atoms with van der Waals surface area (Å²) in [5, 5.41) is 24.5. The maximum Gasteiger partial charge on any atom is 0.326 e. The largest absolute Gasteiger partial charge is 0.481 e.